The summed E-state index contributed by atoms with van der Waals surface area (Å²) in [5.41, 5.74) is 2.93. The number of hydrogen-bond acceptors (Lipinski definition) is 0. The molecule has 1 atom stereocenters. The van der Waals surface area contributed by atoms with Crippen LogP contribution in [0, 0.1) is 0 Å². The topological polar surface area (TPSA) is 0 Å². The van der Waals surface area contributed by atoms with E-state index in [0.717, 1.165) is 0 Å². The van der Waals surface area contributed by atoms with Gasteiger partial charge in [0.05, 0.1) is 0 Å². The summed E-state index contributed by atoms with van der Waals surface area (Å²) >= 11 is 2.23. The van der Waals surface area contributed by atoms with Crippen molar-refractivity contribution in [1.82, 2.24) is 0 Å². The molecule has 1 aliphatic rings. The van der Waals surface area contributed by atoms with Crippen molar-refractivity contribution < 1.29 is 0 Å². The van der Waals surface area contributed by atoms with Crippen LogP contribution in [0.3, 0.4) is 0 Å². The van der Waals surface area contributed by atoms with Crippen LogP contribution >= 0.6 is 0 Å². The zero-order valence-corrected chi connectivity index (χ0v) is 7.67. The summed E-state index contributed by atoms with van der Waals surface area (Å²) in [7, 11) is 0. The summed E-state index contributed by atoms with van der Waals surface area (Å²) in [4.78, 5) is 0. The van der Waals surface area contributed by atoms with Gasteiger partial charge < -0.3 is 0 Å². The van der Waals surface area contributed by atoms with Gasteiger partial charge in [0.25, 0.3) is 0 Å². The summed E-state index contributed by atoms with van der Waals surface area (Å²) in [6.45, 7) is 2.25. The first-order valence-electron chi connectivity index (χ1n) is 4.60. The van der Waals surface area contributed by atoms with Gasteiger partial charge in [0.1, 0.15) is 0 Å². The molecule has 0 saturated carbocycles. The van der Waals surface area contributed by atoms with Gasteiger partial charge in [-0.15, -0.1) is 0 Å². The predicted octanol–water partition coefficient (Wildman–Crippen LogP) is 2.70. The first-order valence-corrected chi connectivity index (χ1v) is 4.60. The minimum atomic E-state index is 0.682. The van der Waals surface area contributed by atoms with Gasteiger partial charge in [0.15, 0.2) is 0 Å². The van der Waals surface area contributed by atoms with Gasteiger partial charge in [-0.1, -0.05) is 0 Å². The van der Waals surface area contributed by atoms with E-state index in [4.69, 9.17) is 0 Å². The minimum absolute atomic E-state index is 0.682. The zero-order chi connectivity index (χ0) is 8.55. The van der Waals surface area contributed by atoms with Crippen LogP contribution < -0.4 is 0 Å². The van der Waals surface area contributed by atoms with Crippen molar-refractivity contribution in [3.8, 4) is 0 Å². The number of fused-ring (bicyclic) bond motifs is 1. The van der Waals surface area contributed by atoms with Gasteiger partial charge >= 0.3 is 82.7 Å². The van der Waals surface area contributed by atoms with E-state index in [-0.39, 0.29) is 0 Å². The quantitative estimate of drug-likeness (QED) is 0.540. The summed E-state index contributed by atoms with van der Waals surface area (Å²) in [5, 5.41) is 0. The maximum atomic E-state index is 2.31. The predicted molar refractivity (Wildman–Crippen MR) is 53.2 cm³/mol. The fraction of sp³-hybridized carbons (Fsp3) is 0.273. The van der Waals surface area contributed by atoms with Crippen LogP contribution in [0.4, 0.5) is 0 Å². The third kappa shape index (κ3) is 1.16. The average Bonchev–Trinajstić information content (AvgIpc) is 2.40. The van der Waals surface area contributed by atoms with Crippen LogP contribution in [0.25, 0.3) is 6.08 Å². The average molecular weight is 150 g/mol. The molecule has 1 unspecified atom stereocenters. The molecule has 1 heteroatoms. The third-order valence-corrected chi connectivity index (χ3v) is 2.71. The fourth-order valence-electron chi connectivity index (χ4n) is 2.09. The molecule has 0 nitrogen and oxygen atoms in total. The molecule has 0 spiro atoms. The Bertz CT molecular complexity index is 326. The second-order valence-corrected chi connectivity index (χ2v) is 3.48. The molecule has 0 N–H and O–H groups in total. The van der Waals surface area contributed by atoms with Crippen molar-refractivity contribution in [2.24, 2.45) is 0 Å². The van der Waals surface area contributed by atoms with E-state index in [9.17, 15) is 0 Å². The fourth-order valence-corrected chi connectivity index (χ4v) is 2.09. The van der Waals surface area contributed by atoms with Gasteiger partial charge in [-0.05, 0) is 0 Å². The molecule has 56 valence electrons. The first-order chi connectivity index (χ1) is 5.83. The molecule has 0 heterocycles. The standard InChI is InChI=1S/C11H11.Li/c1-2-9-7-8-10-5-3-4-6-11(9)10;/h3-6,8-9H,2H2,1H3;. The van der Waals surface area contributed by atoms with Gasteiger partial charge in [0.2, 0.25) is 0 Å². The van der Waals surface area contributed by atoms with E-state index in [2.05, 4.69) is 55.0 Å². The molecule has 0 bridgehead atoms. The van der Waals surface area contributed by atoms with Crippen LogP contribution in [0.15, 0.2) is 28.5 Å². The molecule has 0 saturated heterocycles. The van der Waals surface area contributed by atoms with Crippen molar-refractivity contribution >= 4 is 23.8 Å². The first kappa shape index (κ1) is 8.17. The second-order valence-electron chi connectivity index (χ2n) is 3.48. The monoisotopic (exact) mass is 150 g/mol. The number of benzene rings is 1. The van der Waals surface area contributed by atoms with Crippen LogP contribution in [-0.4, -0.2) is 17.7 Å². The van der Waals surface area contributed by atoms with Crippen molar-refractivity contribution in [2.75, 3.05) is 0 Å². The Hall–Kier alpha value is -0.443. The number of hydrogen-bond donors (Lipinski definition) is 0. The Morgan fingerprint density at radius 2 is 2.08 bits per heavy atom. The number of allylic oxidation sites excluding steroid dienone is 1. The molecular formula is C11H11Li. The van der Waals surface area contributed by atoms with Crippen molar-refractivity contribution in [3.05, 3.63) is 39.6 Å². The molecule has 0 aromatic heterocycles. The molecule has 0 aliphatic heterocycles. The summed E-state index contributed by atoms with van der Waals surface area (Å²) in [5.74, 6) is 0.682. The second kappa shape index (κ2) is 3.13. The van der Waals surface area contributed by atoms with Crippen molar-refractivity contribution in [2.45, 2.75) is 19.3 Å². The summed E-state index contributed by atoms with van der Waals surface area (Å²) in [6.07, 6.45) is 3.53. The molecule has 1 aromatic rings. The van der Waals surface area contributed by atoms with E-state index < -0.39 is 0 Å². The van der Waals surface area contributed by atoms with Gasteiger partial charge in [-0.3, -0.25) is 0 Å². The third-order valence-electron chi connectivity index (χ3n) is 2.71. The molecule has 12 heavy (non-hydrogen) atoms. The normalized spacial score (nSPS) is 20.6. The molecule has 1 aromatic carbocycles. The number of rotatable bonds is 1. The zero-order valence-electron chi connectivity index (χ0n) is 7.67. The van der Waals surface area contributed by atoms with E-state index >= 15 is 0 Å². The van der Waals surface area contributed by atoms with Gasteiger partial charge in [0, 0.05) is 0 Å². The Morgan fingerprint density at radius 3 is 2.83 bits per heavy atom. The van der Waals surface area contributed by atoms with E-state index in [0.29, 0.717) is 5.92 Å². The van der Waals surface area contributed by atoms with Crippen LogP contribution in [0.5, 0.6) is 0 Å². The van der Waals surface area contributed by atoms with E-state index in [1.54, 1.807) is 0 Å². The summed E-state index contributed by atoms with van der Waals surface area (Å²) < 4.78 is 1.51. The van der Waals surface area contributed by atoms with Gasteiger partial charge in [-0.2, -0.15) is 0 Å². The molecule has 1 aliphatic carbocycles. The van der Waals surface area contributed by atoms with Gasteiger partial charge in [-0.25, -0.2) is 0 Å². The van der Waals surface area contributed by atoms with Crippen LogP contribution in [0.2, 0.25) is 0 Å². The summed E-state index contributed by atoms with van der Waals surface area (Å²) in [6, 6.07) is 8.69. The molecule has 0 radical (unpaired) electrons. The van der Waals surface area contributed by atoms with E-state index in [1.165, 1.54) is 21.8 Å². The maximum absolute atomic E-state index is 2.31. The molecule has 2 rings (SSSR count). The Kier molecular flexibility index (Phi) is 2.13. The molecule has 0 amide bonds. The Balaban J connectivity index is 2.50. The van der Waals surface area contributed by atoms with Crippen molar-refractivity contribution in [3.63, 3.8) is 0 Å². The van der Waals surface area contributed by atoms with Crippen LogP contribution in [0.1, 0.15) is 30.4 Å². The SMILES string of the molecule is [Li][C]1=Cc2ccccc2C1CC. The Morgan fingerprint density at radius 1 is 1.33 bits per heavy atom. The van der Waals surface area contributed by atoms with E-state index in [1.807, 2.05) is 0 Å². The molecule has 0 fully saturated rings. The van der Waals surface area contributed by atoms with Crippen molar-refractivity contribution in [1.29, 1.82) is 0 Å². The van der Waals surface area contributed by atoms with Crippen LogP contribution in [-0.2, 0) is 0 Å². The molecular weight excluding hydrogens is 139 g/mol. The Labute approximate surface area is 82.9 Å².